The summed E-state index contributed by atoms with van der Waals surface area (Å²) in [6, 6.07) is 3.93. The Hall–Kier alpha value is -1.12. The van der Waals surface area contributed by atoms with Gasteiger partial charge >= 0.3 is 0 Å². The maximum Gasteiger partial charge on any atom is 0.130 e. The number of ether oxygens (including phenoxy) is 1. The van der Waals surface area contributed by atoms with Crippen LogP contribution in [-0.4, -0.2) is 48.9 Å². The molecule has 2 saturated heterocycles. The van der Waals surface area contributed by atoms with Crippen molar-refractivity contribution in [3.05, 3.63) is 35.4 Å². The maximum absolute atomic E-state index is 13.6. The molecule has 2 fully saturated rings. The number of nitrogens with one attached hydrogen (secondary N) is 2. The number of rotatable bonds is 3. The van der Waals surface area contributed by atoms with Crippen molar-refractivity contribution < 1.29 is 13.5 Å². The van der Waals surface area contributed by atoms with Crippen molar-refractivity contribution in [3.8, 4) is 0 Å². The molecule has 1 atom stereocenters. The average Bonchev–Trinajstić information content (AvgIpc) is 2.93. The molecule has 0 bridgehead atoms. The Morgan fingerprint density at radius 1 is 1.20 bits per heavy atom. The van der Waals surface area contributed by atoms with Crippen LogP contribution in [0.25, 0.3) is 0 Å². The second-order valence-corrected chi connectivity index (χ2v) is 5.00. The molecular formula is C13H18F2N4O. The first-order valence-corrected chi connectivity index (χ1v) is 6.75. The van der Waals surface area contributed by atoms with Crippen LogP contribution in [0.4, 0.5) is 8.78 Å². The third-order valence-corrected chi connectivity index (χ3v) is 3.68. The van der Waals surface area contributed by atoms with E-state index in [1.807, 2.05) is 0 Å². The Morgan fingerprint density at radius 3 is 2.60 bits per heavy atom. The van der Waals surface area contributed by atoms with Gasteiger partial charge in [-0.2, -0.15) is 5.53 Å². The molecular weight excluding hydrogens is 266 g/mol. The Morgan fingerprint density at radius 2 is 1.90 bits per heavy atom. The number of nitrogens with zero attached hydrogens (tertiary/aromatic N) is 2. The molecule has 2 aliphatic rings. The molecule has 1 aromatic rings. The van der Waals surface area contributed by atoms with Crippen molar-refractivity contribution in [1.82, 2.24) is 20.9 Å². The molecule has 0 aromatic heterocycles. The molecule has 0 aliphatic carbocycles. The molecule has 2 aliphatic heterocycles. The van der Waals surface area contributed by atoms with E-state index in [0.29, 0.717) is 6.54 Å². The fraction of sp³-hybridized carbons (Fsp3) is 0.538. The van der Waals surface area contributed by atoms with Gasteiger partial charge in [0.2, 0.25) is 0 Å². The lowest BCUT2D eigenvalue weighted by Gasteiger charge is -2.31. The summed E-state index contributed by atoms with van der Waals surface area (Å²) in [5, 5.41) is 1.78. The van der Waals surface area contributed by atoms with Crippen molar-refractivity contribution in [1.29, 1.82) is 0 Å². The summed E-state index contributed by atoms with van der Waals surface area (Å²) in [5.74, 6) is -1.02. The number of halogens is 2. The lowest BCUT2D eigenvalue weighted by atomic mass is 10.2. The van der Waals surface area contributed by atoms with Crippen LogP contribution in [0, 0.1) is 11.6 Å². The molecule has 1 unspecified atom stereocenters. The van der Waals surface area contributed by atoms with E-state index in [-0.39, 0.29) is 18.3 Å². The minimum absolute atomic E-state index is 0.0874. The number of morpholine rings is 1. The summed E-state index contributed by atoms with van der Waals surface area (Å²) in [6.07, 6.45) is 0.133. The lowest BCUT2D eigenvalue weighted by molar-refractivity contribution is 0.0138. The molecule has 110 valence electrons. The summed E-state index contributed by atoms with van der Waals surface area (Å²) in [5.41, 5.74) is 6.20. The zero-order valence-electron chi connectivity index (χ0n) is 11.1. The van der Waals surface area contributed by atoms with E-state index in [2.05, 4.69) is 15.9 Å². The Labute approximate surface area is 116 Å². The third kappa shape index (κ3) is 2.97. The Bertz CT molecular complexity index is 447. The van der Waals surface area contributed by atoms with Crippen molar-refractivity contribution >= 4 is 0 Å². The van der Waals surface area contributed by atoms with Gasteiger partial charge in [-0.25, -0.2) is 19.2 Å². The SMILES string of the molecule is Fc1cccc(F)c1CN1CC(N2CCOCC2)NN1. The van der Waals surface area contributed by atoms with Crippen LogP contribution >= 0.6 is 0 Å². The highest BCUT2D eigenvalue weighted by Gasteiger charge is 2.29. The number of hydrogen-bond acceptors (Lipinski definition) is 5. The van der Waals surface area contributed by atoms with Gasteiger partial charge in [-0.15, -0.1) is 0 Å². The normalized spacial score (nSPS) is 25.2. The second kappa shape index (κ2) is 6.11. The molecule has 0 spiro atoms. The van der Waals surface area contributed by atoms with Crippen LogP contribution in [0.1, 0.15) is 5.56 Å². The Balaban J connectivity index is 1.60. The van der Waals surface area contributed by atoms with Gasteiger partial charge in [0.15, 0.2) is 0 Å². The van der Waals surface area contributed by atoms with Gasteiger partial charge < -0.3 is 4.74 Å². The van der Waals surface area contributed by atoms with E-state index in [1.54, 1.807) is 5.01 Å². The first kappa shape index (κ1) is 13.8. The summed E-state index contributed by atoms with van der Waals surface area (Å²) in [7, 11) is 0. The zero-order chi connectivity index (χ0) is 13.9. The highest BCUT2D eigenvalue weighted by molar-refractivity contribution is 5.19. The van der Waals surface area contributed by atoms with Gasteiger partial charge in [-0.1, -0.05) is 6.07 Å². The quantitative estimate of drug-likeness (QED) is 0.843. The van der Waals surface area contributed by atoms with Crippen molar-refractivity contribution in [2.24, 2.45) is 0 Å². The van der Waals surface area contributed by atoms with Gasteiger partial charge in [0, 0.05) is 31.7 Å². The minimum atomic E-state index is -0.512. The number of hydrogen-bond donors (Lipinski definition) is 2. The lowest BCUT2D eigenvalue weighted by Crippen LogP contribution is -2.50. The smallest absolute Gasteiger partial charge is 0.130 e. The van der Waals surface area contributed by atoms with Gasteiger partial charge in [-0.3, -0.25) is 4.90 Å². The maximum atomic E-state index is 13.6. The van der Waals surface area contributed by atoms with Crippen molar-refractivity contribution in [3.63, 3.8) is 0 Å². The molecule has 0 amide bonds. The first-order chi connectivity index (χ1) is 9.74. The standard InChI is InChI=1S/C13H18F2N4O/c14-11-2-1-3-12(15)10(11)8-19-9-13(16-17-19)18-4-6-20-7-5-18/h1-3,13,16-17H,4-9H2. The van der Waals surface area contributed by atoms with E-state index < -0.39 is 11.6 Å². The summed E-state index contributed by atoms with van der Waals surface area (Å²) < 4.78 is 32.5. The van der Waals surface area contributed by atoms with Gasteiger partial charge in [-0.05, 0) is 12.1 Å². The van der Waals surface area contributed by atoms with Gasteiger partial charge in [0.05, 0.1) is 19.4 Å². The van der Waals surface area contributed by atoms with Crippen LogP contribution in [-0.2, 0) is 11.3 Å². The highest BCUT2D eigenvalue weighted by Crippen LogP contribution is 2.15. The van der Waals surface area contributed by atoms with Crippen molar-refractivity contribution in [2.75, 3.05) is 32.8 Å². The summed E-state index contributed by atoms with van der Waals surface area (Å²) in [4.78, 5) is 2.26. The number of benzene rings is 1. The molecule has 1 aromatic carbocycles. The molecule has 0 saturated carbocycles. The van der Waals surface area contributed by atoms with Gasteiger partial charge in [0.25, 0.3) is 0 Å². The summed E-state index contributed by atoms with van der Waals surface area (Å²) >= 11 is 0. The predicted molar refractivity (Wildman–Crippen MR) is 69.2 cm³/mol. The van der Waals surface area contributed by atoms with E-state index in [9.17, 15) is 8.78 Å². The topological polar surface area (TPSA) is 39.8 Å². The van der Waals surface area contributed by atoms with Gasteiger partial charge in [0.1, 0.15) is 11.6 Å². The molecule has 0 radical (unpaired) electrons. The van der Waals surface area contributed by atoms with Crippen molar-refractivity contribution in [2.45, 2.75) is 12.7 Å². The molecule has 7 heteroatoms. The Kier molecular flexibility index (Phi) is 4.23. The molecule has 5 nitrogen and oxygen atoms in total. The number of hydrazine groups is 2. The fourth-order valence-electron chi connectivity index (χ4n) is 2.54. The van der Waals surface area contributed by atoms with E-state index in [0.717, 1.165) is 26.3 Å². The van der Waals surface area contributed by atoms with Crippen LogP contribution in [0.15, 0.2) is 18.2 Å². The van der Waals surface area contributed by atoms with E-state index >= 15 is 0 Å². The third-order valence-electron chi connectivity index (χ3n) is 3.68. The van der Waals surface area contributed by atoms with Crippen LogP contribution < -0.4 is 11.0 Å². The fourth-order valence-corrected chi connectivity index (χ4v) is 2.54. The molecule has 20 heavy (non-hydrogen) atoms. The van der Waals surface area contributed by atoms with Crippen LogP contribution in [0.2, 0.25) is 0 Å². The van der Waals surface area contributed by atoms with E-state index in [1.165, 1.54) is 18.2 Å². The van der Waals surface area contributed by atoms with Crippen LogP contribution in [0.5, 0.6) is 0 Å². The largest absolute Gasteiger partial charge is 0.379 e. The van der Waals surface area contributed by atoms with E-state index in [4.69, 9.17) is 4.74 Å². The second-order valence-electron chi connectivity index (χ2n) is 5.00. The summed E-state index contributed by atoms with van der Waals surface area (Å²) in [6.45, 7) is 4.02. The predicted octanol–water partition coefficient (Wildman–Crippen LogP) is 0.448. The average molecular weight is 284 g/mol. The van der Waals surface area contributed by atoms with Crippen LogP contribution in [0.3, 0.4) is 0 Å². The minimum Gasteiger partial charge on any atom is -0.379 e. The first-order valence-electron chi connectivity index (χ1n) is 6.75. The monoisotopic (exact) mass is 284 g/mol. The molecule has 3 rings (SSSR count). The zero-order valence-corrected chi connectivity index (χ0v) is 11.1. The molecule has 2 N–H and O–H groups in total. The highest BCUT2D eigenvalue weighted by atomic mass is 19.1. The molecule has 2 heterocycles.